The fourth-order valence-corrected chi connectivity index (χ4v) is 4.43. The number of carbonyl (C=O) groups excluding carboxylic acids is 1. The van der Waals surface area contributed by atoms with Crippen LogP contribution in [0.25, 0.3) is 11.4 Å². The second kappa shape index (κ2) is 8.89. The number of aromatic nitrogens is 4. The second-order valence-electron chi connectivity index (χ2n) is 6.04. The summed E-state index contributed by atoms with van der Waals surface area (Å²) >= 11 is 6.50. The van der Waals surface area contributed by atoms with Crippen LogP contribution in [0.5, 0.6) is 0 Å². The van der Waals surface area contributed by atoms with Crippen molar-refractivity contribution in [1.82, 2.24) is 25.1 Å². The second-order valence-corrected chi connectivity index (χ2v) is 9.39. The van der Waals surface area contributed by atoms with Gasteiger partial charge < -0.3 is 4.52 Å². The maximum Gasteiger partial charge on any atom is 0.270 e. The molecular weight excluding hydrogens is 464 g/mol. The predicted octanol–water partition coefficient (Wildman–Crippen LogP) is 2.97. The standard InChI is InChI=1S/C18H13ClN6O4S2/c19-13-8-6-12(7-9-13)16(26)22-17-23-24-18(30-17)31(27,28)20-10-14-21-15(25-29-14)11-4-2-1-3-5-11/h1-9,20H,10H2,(H,22,23,26). The first-order chi connectivity index (χ1) is 14.9. The third-order valence-electron chi connectivity index (χ3n) is 3.88. The number of hydrogen-bond donors (Lipinski definition) is 2. The van der Waals surface area contributed by atoms with Gasteiger partial charge in [-0.1, -0.05) is 58.4 Å². The van der Waals surface area contributed by atoms with Crippen molar-refractivity contribution in [2.24, 2.45) is 0 Å². The van der Waals surface area contributed by atoms with Crippen LogP contribution in [0.3, 0.4) is 0 Å². The van der Waals surface area contributed by atoms with Crippen molar-refractivity contribution in [3.05, 3.63) is 71.1 Å². The van der Waals surface area contributed by atoms with Gasteiger partial charge in [0, 0.05) is 16.1 Å². The molecule has 2 aromatic heterocycles. The maximum atomic E-state index is 12.5. The summed E-state index contributed by atoms with van der Waals surface area (Å²) in [5.41, 5.74) is 1.08. The van der Waals surface area contributed by atoms with Gasteiger partial charge in [-0.3, -0.25) is 10.1 Å². The van der Waals surface area contributed by atoms with Gasteiger partial charge in [0.15, 0.2) is 0 Å². The number of hydrogen-bond acceptors (Lipinski definition) is 9. The first-order valence-electron chi connectivity index (χ1n) is 8.69. The lowest BCUT2D eigenvalue weighted by atomic mass is 10.2. The fraction of sp³-hybridized carbons (Fsp3) is 0.0556. The summed E-state index contributed by atoms with van der Waals surface area (Å²) in [6.07, 6.45) is 0. The molecule has 0 radical (unpaired) electrons. The maximum absolute atomic E-state index is 12.5. The molecule has 0 fully saturated rings. The zero-order valence-corrected chi connectivity index (χ0v) is 17.9. The predicted molar refractivity (Wildman–Crippen MR) is 113 cm³/mol. The van der Waals surface area contributed by atoms with Crippen molar-refractivity contribution in [3.63, 3.8) is 0 Å². The molecular formula is C18H13ClN6O4S2. The van der Waals surface area contributed by atoms with Gasteiger partial charge in [-0.15, -0.1) is 10.2 Å². The van der Waals surface area contributed by atoms with Gasteiger partial charge in [-0.25, -0.2) is 8.42 Å². The van der Waals surface area contributed by atoms with Crippen LogP contribution in [0.1, 0.15) is 16.2 Å². The van der Waals surface area contributed by atoms with Crippen LogP contribution in [-0.4, -0.2) is 34.7 Å². The Kier molecular flexibility index (Phi) is 6.04. The van der Waals surface area contributed by atoms with E-state index in [0.717, 1.165) is 5.56 Å². The van der Waals surface area contributed by atoms with Crippen molar-refractivity contribution in [2.75, 3.05) is 5.32 Å². The lowest BCUT2D eigenvalue weighted by Crippen LogP contribution is -2.23. The Labute approximate surface area is 185 Å². The van der Waals surface area contributed by atoms with Crippen LogP contribution in [0.2, 0.25) is 5.02 Å². The summed E-state index contributed by atoms with van der Waals surface area (Å²) in [5.74, 6) is -0.0369. The third-order valence-corrected chi connectivity index (χ3v) is 6.74. The zero-order chi connectivity index (χ0) is 21.8. The summed E-state index contributed by atoms with van der Waals surface area (Å²) in [6, 6.07) is 15.3. The number of anilines is 1. The van der Waals surface area contributed by atoms with E-state index < -0.39 is 15.9 Å². The van der Waals surface area contributed by atoms with Crippen LogP contribution in [0, 0.1) is 0 Å². The molecule has 0 aliphatic heterocycles. The molecule has 0 saturated heterocycles. The van der Waals surface area contributed by atoms with Crippen LogP contribution >= 0.6 is 22.9 Å². The number of rotatable bonds is 7. The van der Waals surface area contributed by atoms with Crippen LogP contribution in [-0.2, 0) is 16.6 Å². The summed E-state index contributed by atoms with van der Waals surface area (Å²) in [6.45, 7) is -0.228. The summed E-state index contributed by atoms with van der Waals surface area (Å²) < 4.78 is 32.0. The molecule has 0 aliphatic carbocycles. The molecule has 0 saturated carbocycles. The Morgan fingerprint density at radius 2 is 1.81 bits per heavy atom. The van der Waals surface area contributed by atoms with E-state index in [9.17, 15) is 13.2 Å². The molecule has 0 aliphatic rings. The first kappa shape index (κ1) is 21.1. The van der Waals surface area contributed by atoms with Crippen molar-refractivity contribution < 1.29 is 17.7 Å². The average molecular weight is 477 g/mol. The first-order valence-corrected chi connectivity index (χ1v) is 11.4. The van der Waals surface area contributed by atoms with E-state index in [-0.39, 0.29) is 21.9 Å². The highest BCUT2D eigenvalue weighted by atomic mass is 35.5. The molecule has 0 bridgehead atoms. The molecule has 13 heteroatoms. The van der Waals surface area contributed by atoms with Crippen molar-refractivity contribution in [3.8, 4) is 11.4 Å². The highest BCUT2D eigenvalue weighted by Crippen LogP contribution is 2.21. The van der Waals surface area contributed by atoms with Gasteiger partial charge >= 0.3 is 0 Å². The topological polar surface area (TPSA) is 140 Å². The zero-order valence-electron chi connectivity index (χ0n) is 15.5. The summed E-state index contributed by atoms with van der Waals surface area (Å²) in [4.78, 5) is 16.4. The van der Waals surface area contributed by atoms with Crippen LogP contribution in [0.4, 0.5) is 5.13 Å². The molecule has 158 valence electrons. The average Bonchev–Trinajstić information content (AvgIpc) is 3.44. The Morgan fingerprint density at radius 3 is 2.55 bits per heavy atom. The molecule has 31 heavy (non-hydrogen) atoms. The molecule has 2 N–H and O–H groups in total. The van der Waals surface area contributed by atoms with E-state index in [2.05, 4.69) is 30.4 Å². The van der Waals surface area contributed by atoms with Gasteiger partial charge in [0.05, 0.1) is 6.54 Å². The highest BCUT2D eigenvalue weighted by molar-refractivity contribution is 7.91. The molecule has 1 amide bonds. The van der Waals surface area contributed by atoms with Crippen LogP contribution in [0.15, 0.2) is 63.5 Å². The monoisotopic (exact) mass is 476 g/mol. The number of sulfonamides is 1. The molecule has 2 aromatic carbocycles. The normalized spacial score (nSPS) is 11.4. The minimum atomic E-state index is -4.00. The molecule has 0 unspecified atom stereocenters. The molecule has 10 nitrogen and oxygen atoms in total. The fourth-order valence-electron chi connectivity index (χ4n) is 2.39. The van der Waals surface area contributed by atoms with Crippen molar-refractivity contribution in [2.45, 2.75) is 10.9 Å². The minimum absolute atomic E-state index is 0.0319. The van der Waals surface area contributed by atoms with E-state index in [1.165, 1.54) is 12.1 Å². The molecule has 2 heterocycles. The van der Waals surface area contributed by atoms with E-state index in [1.54, 1.807) is 24.3 Å². The van der Waals surface area contributed by atoms with Crippen molar-refractivity contribution in [1.29, 1.82) is 0 Å². The van der Waals surface area contributed by atoms with Gasteiger partial charge in [0.2, 0.25) is 21.2 Å². The Morgan fingerprint density at radius 1 is 1.06 bits per heavy atom. The number of halogens is 1. The van der Waals surface area contributed by atoms with Gasteiger partial charge in [0.1, 0.15) is 0 Å². The third kappa shape index (κ3) is 5.11. The molecule has 4 rings (SSSR count). The Hall–Kier alpha value is -3.19. The number of nitrogens with one attached hydrogen (secondary N) is 2. The number of benzene rings is 2. The Balaban J connectivity index is 1.39. The van der Waals surface area contributed by atoms with Gasteiger partial charge in [-0.05, 0) is 24.3 Å². The van der Waals surface area contributed by atoms with Gasteiger partial charge in [-0.2, -0.15) is 9.71 Å². The lowest BCUT2D eigenvalue weighted by Gasteiger charge is -2.01. The Bertz CT molecular complexity index is 1310. The van der Waals surface area contributed by atoms with E-state index in [1.807, 2.05) is 18.2 Å². The smallest absolute Gasteiger partial charge is 0.270 e. The number of nitrogens with zero attached hydrogens (tertiary/aromatic N) is 4. The SMILES string of the molecule is O=C(Nc1nnc(S(=O)(=O)NCc2nc(-c3ccccc3)no2)s1)c1ccc(Cl)cc1. The number of amides is 1. The number of carbonyl (C=O) groups is 1. The summed E-state index contributed by atoms with van der Waals surface area (Å²) in [5, 5.41) is 14.2. The highest BCUT2D eigenvalue weighted by Gasteiger charge is 2.22. The van der Waals surface area contributed by atoms with Crippen LogP contribution < -0.4 is 10.0 Å². The quantitative estimate of drug-likeness (QED) is 0.388. The van der Waals surface area contributed by atoms with E-state index >= 15 is 0 Å². The summed E-state index contributed by atoms with van der Waals surface area (Å²) in [7, 11) is -4.00. The molecule has 4 aromatic rings. The largest absolute Gasteiger partial charge is 0.338 e. The minimum Gasteiger partial charge on any atom is -0.338 e. The lowest BCUT2D eigenvalue weighted by molar-refractivity contribution is 0.102. The molecule has 0 spiro atoms. The van der Waals surface area contributed by atoms with Gasteiger partial charge in [0.25, 0.3) is 15.9 Å². The van der Waals surface area contributed by atoms with E-state index in [4.69, 9.17) is 16.1 Å². The molecule has 0 atom stereocenters. The van der Waals surface area contributed by atoms with E-state index in [0.29, 0.717) is 27.7 Å². The van der Waals surface area contributed by atoms with Crippen molar-refractivity contribution >= 4 is 44.0 Å².